The highest BCUT2D eigenvalue weighted by atomic mass is 16.5. The predicted octanol–water partition coefficient (Wildman–Crippen LogP) is 2.28. The van der Waals surface area contributed by atoms with Gasteiger partial charge in [0.05, 0.1) is 12.8 Å². The summed E-state index contributed by atoms with van der Waals surface area (Å²) in [6.45, 7) is 1.73. The van der Waals surface area contributed by atoms with E-state index < -0.39 is 5.97 Å². The molecule has 1 heterocycles. The second-order valence-electron chi connectivity index (χ2n) is 3.72. The average Bonchev–Trinajstić information content (AvgIpc) is 2.41. The van der Waals surface area contributed by atoms with Crippen LogP contribution in [0.25, 0.3) is 0 Å². The molecule has 1 aromatic carbocycles. The molecule has 0 aliphatic carbocycles. The van der Waals surface area contributed by atoms with Crippen molar-refractivity contribution < 1.29 is 19.4 Å². The zero-order valence-electron chi connectivity index (χ0n) is 10.5. The minimum Gasteiger partial charge on any atom is -0.497 e. The van der Waals surface area contributed by atoms with E-state index in [2.05, 4.69) is 9.97 Å². The predicted molar refractivity (Wildman–Crippen MR) is 66.8 cm³/mol. The molecule has 0 saturated heterocycles. The molecule has 0 atom stereocenters. The molecule has 1 N–H and O–H groups in total. The van der Waals surface area contributed by atoms with E-state index in [1.165, 1.54) is 31.6 Å². The first-order chi connectivity index (χ1) is 9.11. The van der Waals surface area contributed by atoms with E-state index in [1.807, 2.05) is 0 Å². The summed E-state index contributed by atoms with van der Waals surface area (Å²) in [5.41, 5.74) is 0.604. The van der Waals surface area contributed by atoms with Crippen LogP contribution in [0, 0.1) is 6.92 Å². The number of rotatable bonds is 4. The summed E-state index contributed by atoms with van der Waals surface area (Å²) in [5, 5.41) is 9.12. The third kappa shape index (κ3) is 2.79. The smallest absolute Gasteiger partial charge is 0.339 e. The van der Waals surface area contributed by atoms with Crippen LogP contribution in [-0.4, -0.2) is 28.2 Å². The van der Waals surface area contributed by atoms with Gasteiger partial charge in [0, 0.05) is 18.5 Å². The largest absolute Gasteiger partial charge is 0.497 e. The summed E-state index contributed by atoms with van der Waals surface area (Å²) >= 11 is 0. The number of benzene rings is 1. The zero-order chi connectivity index (χ0) is 13.8. The van der Waals surface area contributed by atoms with E-state index in [1.54, 1.807) is 13.0 Å². The van der Waals surface area contributed by atoms with E-state index >= 15 is 0 Å². The van der Waals surface area contributed by atoms with E-state index in [-0.39, 0.29) is 17.2 Å². The quantitative estimate of drug-likeness (QED) is 0.908. The summed E-state index contributed by atoms with van der Waals surface area (Å²) in [5.74, 6) is -0.158. The van der Waals surface area contributed by atoms with Gasteiger partial charge in [0.25, 0.3) is 0 Å². The fraction of sp³-hybridized carbons (Fsp3) is 0.154. The molecule has 2 rings (SSSR count). The van der Waals surface area contributed by atoms with Gasteiger partial charge in [-0.2, -0.15) is 0 Å². The summed E-state index contributed by atoms with van der Waals surface area (Å²) in [6.07, 6.45) is 3.01. The van der Waals surface area contributed by atoms with Crippen molar-refractivity contribution in [3.63, 3.8) is 0 Å². The average molecular weight is 260 g/mol. The first kappa shape index (κ1) is 12.8. The van der Waals surface area contributed by atoms with Crippen molar-refractivity contribution >= 4 is 5.97 Å². The summed E-state index contributed by atoms with van der Waals surface area (Å²) in [7, 11) is 1.49. The topological polar surface area (TPSA) is 81.5 Å². The molecule has 0 amide bonds. The van der Waals surface area contributed by atoms with Crippen molar-refractivity contribution in [2.75, 3.05) is 7.11 Å². The number of carboxylic acids is 1. The van der Waals surface area contributed by atoms with Crippen LogP contribution in [0.4, 0.5) is 0 Å². The Balaban J connectivity index is 2.43. The van der Waals surface area contributed by atoms with Gasteiger partial charge in [-0.25, -0.2) is 9.78 Å². The maximum Gasteiger partial charge on any atom is 0.339 e. The minimum atomic E-state index is -1.08. The Kier molecular flexibility index (Phi) is 3.61. The lowest BCUT2D eigenvalue weighted by Crippen LogP contribution is -2.02. The van der Waals surface area contributed by atoms with Crippen LogP contribution in [0.2, 0.25) is 0 Å². The Hall–Kier alpha value is -2.63. The Labute approximate surface area is 109 Å². The number of hydrogen-bond acceptors (Lipinski definition) is 5. The van der Waals surface area contributed by atoms with E-state index in [0.717, 1.165) is 0 Å². The molecule has 0 bridgehead atoms. The number of aryl methyl sites for hydroxylation is 1. The van der Waals surface area contributed by atoms with Gasteiger partial charge < -0.3 is 14.6 Å². The number of carbonyl (C=O) groups is 1. The molecule has 0 aliphatic heterocycles. The summed E-state index contributed by atoms with van der Waals surface area (Å²) < 4.78 is 10.6. The van der Waals surface area contributed by atoms with Crippen LogP contribution in [0.5, 0.6) is 17.4 Å². The van der Waals surface area contributed by atoms with Crippen molar-refractivity contribution in [1.29, 1.82) is 0 Å². The number of carboxylic acid groups (broad SMARTS) is 1. The van der Waals surface area contributed by atoms with Crippen molar-refractivity contribution in [3.05, 3.63) is 41.9 Å². The number of nitrogens with zero attached hydrogens (tertiary/aromatic N) is 2. The summed E-state index contributed by atoms with van der Waals surface area (Å²) in [6, 6.07) is 4.47. The maximum atomic E-state index is 11.1. The fourth-order valence-corrected chi connectivity index (χ4v) is 1.49. The lowest BCUT2D eigenvalue weighted by molar-refractivity contribution is 0.0694. The molecule has 98 valence electrons. The Morgan fingerprint density at radius 1 is 1.26 bits per heavy atom. The molecule has 6 nitrogen and oxygen atoms in total. The van der Waals surface area contributed by atoms with Crippen molar-refractivity contribution in [1.82, 2.24) is 9.97 Å². The molecule has 19 heavy (non-hydrogen) atoms. The van der Waals surface area contributed by atoms with Gasteiger partial charge in [0.1, 0.15) is 17.1 Å². The lowest BCUT2D eigenvalue weighted by Gasteiger charge is -2.10. The van der Waals surface area contributed by atoms with Gasteiger partial charge >= 0.3 is 5.97 Å². The van der Waals surface area contributed by atoms with Crippen molar-refractivity contribution in [2.45, 2.75) is 6.92 Å². The van der Waals surface area contributed by atoms with Crippen LogP contribution in [0.15, 0.2) is 30.6 Å². The highest BCUT2D eigenvalue weighted by molar-refractivity contribution is 5.91. The number of methoxy groups -OCH3 is 1. The monoisotopic (exact) mass is 260 g/mol. The molecule has 0 saturated carbocycles. The van der Waals surface area contributed by atoms with Gasteiger partial charge in [-0.3, -0.25) is 4.98 Å². The molecule has 0 aliphatic rings. The van der Waals surface area contributed by atoms with Crippen molar-refractivity contribution in [2.24, 2.45) is 0 Å². The molecule has 0 fully saturated rings. The first-order valence-electron chi connectivity index (χ1n) is 5.48. The minimum absolute atomic E-state index is 0.0332. The first-order valence-corrected chi connectivity index (χ1v) is 5.48. The molecule has 6 heteroatoms. The van der Waals surface area contributed by atoms with Gasteiger partial charge in [-0.05, 0) is 19.1 Å². The molecule has 2 aromatic rings. The number of hydrogen-bond donors (Lipinski definition) is 1. The molecule has 0 radical (unpaired) electrons. The van der Waals surface area contributed by atoms with Crippen LogP contribution in [-0.2, 0) is 0 Å². The number of ether oxygens (including phenoxy) is 2. The lowest BCUT2D eigenvalue weighted by atomic mass is 10.2. The Morgan fingerprint density at radius 2 is 2.00 bits per heavy atom. The molecule has 0 spiro atoms. The maximum absolute atomic E-state index is 11.1. The SMILES string of the molecule is COc1ccc(C(=O)O)c(Oc2nccnc2C)c1. The van der Waals surface area contributed by atoms with Gasteiger partial charge in [-0.1, -0.05) is 0 Å². The van der Waals surface area contributed by atoms with Crippen LogP contribution < -0.4 is 9.47 Å². The molecular weight excluding hydrogens is 248 g/mol. The third-order valence-electron chi connectivity index (χ3n) is 2.46. The van der Waals surface area contributed by atoms with Gasteiger partial charge in [0.15, 0.2) is 0 Å². The van der Waals surface area contributed by atoms with Gasteiger partial charge in [-0.15, -0.1) is 0 Å². The third-order valence-corrected chi connectivity index (χ3v) is 2.46. The molecule has 1 aromatic heterocycles. The number of aromatic nitrogens is 2. The summed E-state index contributed by atoms with van der Waals surface area (Å²) in [4.78, 5) is 19.2. The van der Waals surface area contributed by atoms with Crippen molar-refractivity contribution in [3.8, 4) is 17.4 Å². The number of aromatic carboxylic acids is 1. The van der Waals surface area contributed by atoms with Crippen LogP contribution >= 0.6 is 0 Å². The second-order valence-corrected chi connectivity index (χ2v) is 3.72. The Morgan fingerprint density at radius 3 is 2.63 bits per heavy atom. The highest BCUT2D eigenvalue weighted by Crippen LogP contribution is 2.29. The van der Waals surface area contributed by atoms with Crippen LogP contribution in [0.1, 0.15) is 16.1 Å². The second kappa shape index (κ2) is 5.34. The normalized spacial score (nSPS) is 10.0. The zero-order valence-corrected chi connectivity index (χ0v) is 10.5. The van der Waals surface area contributed by atoms with E-state index in [9.17, 15) is 4.79 Å². The molecular formula is C13H12N2O4. The standard InChI is InChI=1S/C13H12N2O4/c1-8-12(15-6-5-14-8)19-11-7-9(18-2)3-4-10(11)13(16)17/h3-7H,1-2H3,(H,16,17). The van der Waals surface area contributed by atoms with E-state index in [4.69, 9.17) is 14.6 Å². The fourth-order valence-electron chi connectivity index (χ4n) is 1.49. The van der Waals surface area contributed by atoms with Gasteiger partial charge in [0.2, 0.25) is 5.88 Å². The molecule has 0 unspecified atom stereocenters. The van der Waals surface area contributed by atoms with Crippen LogP contribution in [0.3, 0.4) is 0 Å². The van der Waals surface area contributed by atoms with E-state index in [0.29, 0.717) is 11.4 Å². The Bertz CT molecular complexity index is 613. The highest BCUT2D eigenvalue weighted by Gasteiger charge is 2.14.